The lowest BCUT2D eigenvalue weighted by atomic mass is 10.0. The topological polar surface area (TPSA) is 58.6 Å². The molecule has 120 valence electrons. The fraction of sp³-hybridized carbons (Fsp3) is 0.588. The standard InChI is InChI=1S/C15H23NO3.C2H6/c1-11-6-5-7-12(8-11)9-13(10-17)16-14(18)19-15(2,3)4;1-2/h5-8,13,17H,9-10H2,1-4H3,(H,16,18);1-2H3. The van der Waals surface area contributed by atoms with Gasteiger partial charge in [0.15, 0.2) is 0 Å². The van der Waals surface area contributed by atoms with Gasteiger partial charge in [0.25, 0.3) is 0 Å². The monoisotopic (exact) mass is 295 g/mol. The molecule has 0 bridgehead atoms. The first kappa shape index (κ1) is 19.4. The minimum Gasteiger partial charge on any atom is -0.444 e. The third-order valence-corrected chi connectivity index (χ3v) is 2.51. The van der Waals surface area contributed by atoms with Crippen LogP contribution in [0, 0.1) is 6.92 Å². The second-order valence-corrected chi connectivity index (χ2v) is 5.72. The van der Waals surface area contributed by atoms with Crippen molar-refractivity contribution in [3.8, 4) is 0 Å². The van der Waals surface area contributed by atoms with Gasteiger partial charge in [0.05, 0.1) is 12.6 Å². The Bertz CT molecular complexity index is 424. The molecule has 0 saturated carbocycles. The Balaban J connectivity index is 0.00000191. The zero-order valence-electron chi connectivity index (χ0n) is 14.1. The normalized spacial score (nSPS) is 12.0. The molecule has 1 amide bonds. The lowest BCUT2D eigenvalue weighted by molar-refractivity contribution is 0.0483. The van der Waals surface area contributed by atoms with Gasteiger partial charge in [0.1, 0.15) is 5.60 Å². The molecule has 0 heterocycles. The molecule has 0 aliphatic heterocycles. The molecule has 1 atom stereocenters. The molecule has 1 rings (SSSR count). The molecule has 0 fully saturated rings. The number of aliphatic hydroxyl groups is 1. The Morgan fingerprint density at radius 2 is 1.95 bits per heavy atom. The van der Waals surface area contributed by atoms with Gasteiger partial charge in [-0.25, -0.2) is 4.79 Å². The van der Waals surface area contributed by atoms with E-state index in [-0.39, 0.29) is 12.6 Å². The van der Waals surface area contributed by atoms with E-state index in [1.807, 2.05) is 45.0 Å². The molecule has 4 heteroatoms. The second-order valence-electron chi connectivity index (χ2n) is 5.72. The van der Waals surface area contributed by atoms with E-state index in [9.17, 15) is 9.90 Å². The summed E-state index contributed by atoms with van der Waals surface area (Å²) in [6.07, 6.45) is 0.0800. The van der Waals surface area contributed by atoms with E-state index in [0.29, 0.717) is 6.42 Å². The lowest BCUT2D eigenvalue weighted by Gasteiger charge is -2.22. The summed E-state index contributed by atoms with van der Waals surface area (Å²) >= 11 is 0. The molecule has 0 aromatic heterocycles. The van der Waals surface area contributed by atoms with E-state index < -0.39 is 11.7 Å². The van der Waals surface area contributed by atoms with Crippen molar-refractivity contribution in [1.82, 2.24) is 5.32 Å². The quantitative estimate of drug-likeness (QED) is 0.894. The molecule has 0 saturated heterocycles. The van der Waals surface area contributed by atoms with Crippen molar-refractivity contribution in [2.45, 2.75) is 59.6 Å². The van der Waals surface area contributed by atoms with E-state index >= 15 is 0 Å². The van der Waals surface area contributed by atoms with Crippen molar-refractivity contribution >= 4 is 6.09 Å². The Labute approximate surface area is 128 Å². The van der Waals surface area contributed by atoms with Gasteiger partial charge in [-0.3, -0.25) is 0 Å². The van der Waals surface area contributed by atoms with Crippen LogP contribution < -0.4 is 5.32 Å². The van der Waals surface area contributed by atoms with Crippen LogP contribution in [0.4, 0.5) is 4.79 Å². The molecule has 1 unspecified atom stereocenters. The van der Waals surface area contributed by atoms with Crippen LogP contribution in [0.25, 0.3) is 0 Å². The Kier molecular flexibility index (Phi) is 8.70. The first-order chi connectivity index (χ1) is 9.80. The number of carbonyl (C=O) groups is 1. The van der Waals surface area contributed by atoms with Gasteiger partial charge in [-0.2, -0.15) is 0 Å². The maximum absolute atomic E-state index is 11.6. The zero-order chi connectivity index (χ0) is 16.5. The first-order valence-electron chi connectivity index (χ1n) is 7.46. The van der Waals surface area contributed by atoms with Crippen LogP contribution in [-0.2, 0) is 11.2 Å². The minimum atomic E-state index is -0.534. The minimum absolute atomic E-state index is 0.118. The van der Waals surface area contributed by atoms with Gasteiger partial charge in [-0.05, 0) is 39.7 Å². The number of alkyl carbamates (subject to hydrolysis) is 1. The largest absolute Gasteiger partial charge is 0.444 e. The smallest absolute Gasteiger partial charge is 0.407 e. The summed E-state index contributed by atoms with van der Waals surface area (Å²) in [4.78, 5) is 11.6. The molecule has 1 aromatic rings. The predicted molar refractivity (Wildman–Crippen MR) is 86.5 cm³/mol. The zero-order valence-corrected chi connectivity index (χ0v) is 14.1. The molecule has 0 aliphatic rings. The summed E-state index contributed by atoms with van der Waals surface area (Å²) in [7, 11) is 0. The van der Waals surface area contributed by atoms with E-state index in [1.54, 1.807) is 20.8 Å². The molecule has 0 aliphatic carbocycles. The summed E-state index contributed by atoms with van der Waals surface area (Å²) in [6, 6.07) is 7.66. The summed E-state index contributed by atoms with van der Waals surface area (Å²) in [5.41, 5.74) is 1.70. The highest BCUT2D eigenvalue weighted by Gasteiger charge is 2.19. The maximum Gasteiger partial charge on any atom is 0.407 e. The van der Waals surface area contributed by atoms with Crippen molar-refractivity contribution < 1.29 is 14.6 Å². The average molecular weight is 295 g/mol. The van der Waals surface area contributed by atoms with Crippen molar-refractivity contribution in [3.63, 3.8) is 0 Å². The van der Waals surface area contributed by atoms with E-state index in [1.165, 1.54) is 0 Å². The Hall–Kier alpha value is -1.55. The van der Waals surface area contributed by atoms with Gasteiger partial charge in [-0.1, -0.05) is 43.7 Å². The second kappa shape index (κ2) is 9.40. The van der Waals surface area contributed by atoms with Crippen LogP contribution in [0.15, 0.2) is 24.3 Å². The van der Waals surface area contributed by atoms with Crippen molar-refractivity contribution in [2.24, 2.45) is 0 Å². The molecule has 4 nitrogen and oxygen atoms in total. The predicted octanol–water partition coefficient (Wildman–Crippen LogP) is 3.45. The van der Waals surface area contributed by atoms with Crippen LogP contribution >= 0.6 is 0 Å². The van der Waals surface area contributed by atoms with Crippen LogP contribution in [0.1, 0.15) is 45.7 Å². The number of hydrogen-bond donors (Lipinski definition) is 2. The number of aliphatic hydroxyl groups excluding tert-OH is 1. The van der Waals surface area contributed by atoms with E-state index in [4.69, 9.17) is 4.74 Å². The molecule has 21 heavy (non-hydrogen) atoms. The third kappa shape index (κ3) is 9.08. The van der Waals surface area contributed by atoms with Crippen LogP contribution in [0.5, 0.6) is 0 Å². The maximum atomic E-state index is 11.6. The third-order valence-electron chi connectivity index (χ3n) is 2.51. The van der Waals surface area contributed by atoms with Crippen molar-refractivity contribution in [2.75, 3.05) is 6.61 Å². The fourth-order valence-electron chi connectivity index (χ4n) is 1.76. The van der Waals surface area contributed by atoms with Gasteiger partial charge < -0.3 is 15.2 Å². The molecule has 2 N–H and O–H groups in total. The number of aryl methyl sites for hydroxylation is 1. The van der Waals surface area contributed by atoms with Crippen LogP contribution in [0.2, 0.25) is 0 Å². The van der Waals surface area contributed by atoms with Gasteiger partial charge in [0.2, 0.25) is 0 Å². The number of rotatable bonds is 4. The number of amides is 1. The van der Waals surface area contributed by atoms with Crippen molar-refractivity contribution in [1.29, 1.82) is 0 Å². The average Bonchev–Trinajstić information content (AvgIpc) is 2.38. The van der Waals surface area contributed by atoms with Crippen molar-refractivity contribution in [3.05, 3.63) is 35.4 Å². The van der Waals surface area contributed by atoms with Crippen LogP contribution in [-0.4, -0.2) is 29.4 Å². The SMILES string of the molecule is CC.Cc1cccc(CC(CO)NC(=O)OC(C)(C)C)c1. The van der Waals surface area contributed by atoms with Gasteiger partial charge >= 0.3 is 6.09 Å². The first-order valence-corrected chi connectivity index (χ1v) is 7.46. The van der Waals surface area contributed by atoms with Crippen LogP contribution in [0.3, 0.4) is 0 Å². The molecule has 1 aromatic carbocycles. The number of ether oxygens (including phenoxy) is 1. The Morgan fingerprint density at radius 1 is 1.33 bits per heavy atom. The summed E-state index contributed by atoms with van der Waals surface area (Å²) in [5, 5.41) is 12.0. The number of hydrogen-bond acceptors (Lipinski definition) is 3. The fourth-order valence-corrected chi connectivity index (χ4v) is 1.76. The summed E-state index contributed by atoms with van der Waals surface area (Å²) in [6.45, 7) is 11.3. The molecule has 0 radical (unpaired) electrons. The highest BCUT2D eigenvalue weighted by Crippen LogP contribution is 2.09. The number of benzene rings is 1. The van der Waals surface area contributed by atoms with E-state index in [2.05, 4.69) is 5.32 Å². The lowest BCUT2D eigenvalue weighted by Crippen LogP contribution is -2.42. The Morgan fingerprint density at radius 3 is 2.43 bits per heavy atom. The number of nitrogens with one attached hydrogen (secondary N) is 1. The summed E-state index contributed by atoms with van der Waals surface area (Å²) < 4.78 is 5.17. The number of carbonyl (C=O) groups excluding carboxylic acids is 1. The molecule has 0 spiro atoms. The van der Waals surface area contributed by atoms with E-state index in [0.717, 1.165) is 11.1 Å². The highest BCUT2D eigenvalue weighted by molar-refractivity contribution is 5.68. The van der Waals surface area contributed by atoms with Gasteiger partial charge in [0, 0.05) is 0 Å². The summed E-state index contributed by atoms with van der Waals surface area (Å²) in [5.74, 6) is 0. The molecular weight excluding hydrogens is 266 g/mol. The molecular formula is C17H29NO3. The highest BCUT2D eigenvalue weighted by atomic mass is 16.6. The van der Waals surface area contributed by atoms with Gasteiger partial charge in [-0.15, -0.1) is 0 Å².